The predicted molar refractivity (Wildman–Crippen MR) is 115 cm³/mol. The van der Waals surface area contributed by atoms with E-state index in [9.17, 15) is 19.5 Å². The van der Waals surface area contributed by atoms with Gasteiger partial charge in [-0.15, -0.1) is 0 Å². The lowest BCUT2D eigenvalue weighted by molar-refractivity contribution is -0.159. The van der Waals surface area contributed by atoms with Crippen molar-refractivity contribution >= 4 is 17.8 Å². The molecule has 32 heavy (non-hydrogen) atoms. The summed E-state index contributed by atoms with van der Waals surface area (Å²) in [6.45, 7) is 4.50. The Morgan fingerprint density at radius 3 is 2.69 bits per heavy atom. The molecule has 3 fully saturated rings. The molecule has 174 valence electrons. The molecule has 8 heteroatoms. The molecule has 0 aliphatic carbocycles. The molecule has 8 nitrogen and oxygen atoms in total. The molecule has 2 N–H and O–H groups in total. The topological polar surface area (TPSA) is 105 Å². The van der Waals surface area contributed by atoms with Gasteiger partial charge in [-0.1, -0.05) is 30.3 Å². The van der Waals surface area contributed by atoms with Gasteiger partial charge in [-0.25, -0.2) is 0 Å². The molecule has 1 aromatic carbocycles. The molecule has 5 atom stereocenters. The molecule has 3 heterocycles. The number of nitrogens with zero attached hydrogens (tertiary/aromatic N) is 1. The molecule has 2 unspecified atom stereocenters. The van der Waals surface area contributed by atoms with Gasteiger partial charge in [0.05, 0.1) is 18.1 Å². The van der Waals surface area contributed by atoms with E-state index in [1.54, 1.807) is 11.8 Å². The third-order valence-electron chi connectivity index (χ3n) is 7.18. The van der Waals surface area contributed by atoms with Crippen LogP contribution in [0, 0.1) is 11.8 Å². The number of rotatable bonds is 9. The number of hydrogen-bond donors (Lipinski definition) is 2. The Morgan fingerprint density at radius 2 is 2.00 bits per heavy atom. The van der Waals surface area contributed by atoms with E-state index in [0.717, 1.165) is 5.56 Å². The first kappa shape index (κ1) is 22.7. The maximum absolute atomic E-state index is 13.6. The van der Waals surface area contributed by atoms with Crippen molar-refractivity contribution in [3.63, 3.8) is 0 Å². The highest BCUT2D eigenvalue weighted by Gasteiger charge is 2.78. The Labute approximate surface area is 188 Å². The van der Waals surface area contributed by atoms with Gasteiger partial charge < -0.3 is 24.8 Å². The van der Waals surface area contributed by atoms with Crippen molar-refractivity contribution in [2.75, 3.05) is 19.8 Å². The molecule has 1 spiro atoms. The number of aliphatic hydroxyl groups excluding tert-OH is 1. The maximum Gasteiger partial charge on any atom is 0.312 e. The highest BCUT2D eigenvalue weighted by Crippen LogP contribution is 2.63. The first-order valence-corrected chi connectivity index (χ1v) is 11.5. The molecular formula is C24H32N2O6. The molecule has 2 bridgehead atoms. The number of fused-ring (bicyclic) bond motifs is 1. The molecule has 0 aromatic heterocycles. The third kappa shape index (κ3) is 3.59. The summed E-state index contributed by atoms with van der Waals surface area (Å²) in [7, 11) is 0. The van der Waals surface area contributed by atoms with Crippen LogP contribution in [0.5, 0.6) is 0 Å². The van der Waals surface area contributed by atoms with Gasteiger partial charge in [0.2, 0.25) is 11.8 Å². The van der Waals surface area contributed by atoms with E-state index < -0.39 is 35.0 Å². The number of hydrogen-bond acceptors (Lipinski definition) is 6. The summed E-state index contributed by atoms with van der Waals surface area (Å²) in [5.74, 6) is -2.40. The molecule has 3 aliphatic heterocycles. The van der Waals surface area contributed by atoms with Crippen molar-refractivity contribution in [3.8, 4) is 0 Å². The summed E-state index contributed by atoms with van der Waals surface area (Å²) in [5, 5.41) is 12.2. The Morgan fingerprint density at radius 1 is 1.25 bits per heavy atom. The SMILES string of the molecule is CCOC(=O)[C@@H]1[C@H]2C(=O)N(CCCCO)C(C(=O)NCc3ccccc3)C23CC[C@@]1(C)O3. The summed E-state index contributed by atoms with van der Waals surface area (Å²) >= 11 is 0. The van der Waals surface area contributed by atoms with E-state index in [0.29, 0.717) is 38.8 Å². The molecule has 0 saturated carbocycles. The number of aliphatic hydroxyl groups is 1. The lowest BCUT2D eigenvalue weighted by Gasteiger charge is -2.33. The maximum atomic E-state index is 13.6. The zero-order valence-corrected chi connectivity index (χ0v) is 18.7. The monoisotopic (exact) mass is 444 g/mol. The Hall–Kier alpha value is -2.45. The summed E-state index contributed by atoms with van der Waals surface area (Å²) in [5.41, 5.74) is -0.899. The standard InChI is InChI=1S/C24H32N2O6/c1-3-31-22(30)18-17-21(29)26(13-7-8-14-27)19(24(17)12-11-23(18,2)32-24)20(28)25-15-16-9-5-4-6-10-16/h4-6,9-10,17-19,27H,3,7-8,11-15H2,1-2H3,(H,25,28)/t17-,18-,19?,23+,24?/m0/s1. The van der Waals surface area contributed by atoms with Crippen LogP contribution in [0.3, 0.4) is 0 Å². The molecule has 1 aromatic rings. The van der Waals surface area contributed by atoms with Gasteiger partial charge in [0.25, 0.3) is 0 Å². The van der Waals surface area contributed by atoms with Crippen LogP contribution in [0.4, 0.5) is 0 Å². The average Bonchev–Trinajstić information content (AvgIpc) is 3.34. The summed E-state index contributed by atoms with van der Waals surface area (Å²) in [4.78, 5) is 41.5. The van der Waals surface area contributed by atoms with E-state index in [-0.39, 0.29) is 25.0 Å². The number of carbonyl (C=O) groups is 3. The molecule has 3 saturated heterocycles. The first-order chi connectivity index (χ1) is 15.4. The van der Waals surface area contributed by atoms with Crippen molar-refractivity contribution in [2.45, 2.75) is 63.3 Å². The smallest absolute Gasteiger partial charge is 0.312 e. The zero-order chi connectivity index (χ0) is 22.9. The summed E-state index contributed by atoms with van der Waals surface area (Å²) in [6, 6.07) is 8.76. The number of esters is 1. The molecule has 2 amide bonds. The Bertz CT molecular complexity index is 877. The number of benzene rings is 1. The van der Waals surface area contributed by atoms with Crippen molar-refractivity contribution in [1.82, 2.24) is 10.2 Å². The number of ether oxygens (including phenoxy) is 2. The van der Waals surface area contributed by atoms with Crippen molar-refractivity contribution in [3.05, 3.63) is 35.9 Å². The number of likely N-dealkylation sites (tertiary alicyclic amines) is 1. The van der Waals surface area contributed by atoms with Gasteiger partial charge in [-0.05, 0) is 45.1 Å². The average molecular weight is 445 g/mol. The molecular weight excluding hydrogens is 412 g/mol. The zero-order valence-electron chi connectivity index (χ0n) is 18.7. The van der Waals surface area contributed by atoms with Crippen LogP contribution in [0.2, 0.25) is 0 Å². The van der Waals surface area contributed by atoms with Gasteiger partial charge >= 0.3 is 5.97 Å². The lowest BCUT2D eigenvalue weighted by atomic mass is 9.66. The minimum atomic E-state index is -1.04. The van der Waals surface area contributed by atoms with Crippen molar-refractivity contribution in [2.24, 2.45) is 11.8 Å². The minimum absolute atomic E-state index is 0.0154. The summed E-state index contributed by atoms with van der Waals surface area (Å²) < 4.78 is 11.8. The molecule has 4 rings (SSSR count). The van der Waals surface area contributed by atoms with Crippen molar-refractivity contribution in [1.29, 1.82) is 0 Å². The second kappa shape index (κ2) is 8.83. The minimum Gasteiger partial charge on any atom is -0.466 e. The highest BCUT2D eigenvalue weighted by atomic mass is 16.6. The second-order valence-electron chi connectivity index (χ2n) is 9.15. The van der Waals surface area contributed by atoms with Crippen LogP contribution in [-0.2, 0) is 30.4 Å². The lowest BCUT2D eigenvalue weighted by Crippen LogP contribution is -2.55. The second-order valence-corrected chi connectivity index (χ2v) is 9.15. The molecule has 3 aliphatic rings. The van der Waals surface area contributed by atoms with Crippen LogP contribution in [-0.4, -0.2) is 64.8 Å². The van der Waals surface area contributed by atoms with Gasteiger partial charge in [-0.3, -0.25) is 14.4 Å². The normalized spacial score (nSPS) is 32.8. The summed E-state index contributed by atoms with van der Waals surface area (Å²) in [6.07, 6.45) is 2.22. The Kier molecular flexibility index (Phi) is 6.27. The van der Waals surface area contributed by atoms with E-state index in [2.05, 4.69) is 5.32 Å². The van der Waals surface area contributed by atoms with Crippen LogP contribution in [0.25, 0.3) is 0 Å². The van der Waals surface area contributed by atoms with E-state index in [1.807, 2.05) is 37.3 Å². The van der Waals surface area contributed by atoms with Gasteiger partial charge in [0.15, 0.2) is 0 Å². The largest absolute Gasteiger partial charge is 0.466 e. The number of amides is 2. The van der Waals surface area contributed by atoms with E-state index >= 15 is 0 Å². The predicted octanol–water partition coefficient (Wildman–Crippen LogP) is 1.40. The van der Waals surface area contributed by atoms with Crippen molar-refractivity contribution < 1.29 is 29.0 Å². The van der Waals surface area contributed by atoms with Crippen LogP contribution in [0.15, 0.2) is 30.3 Å². The number of nitrogens with one attached hydrogen (secondary N) is 1. The first-order valence-electron chi connectivity index (χ1n) is 11.5. The van der Waals surface area contributed by atoms with Crippen LogP contribution >= 0.6 is 0 Å². The van der Waals surface area contributed by atoms with E-state index in [1.165, 1.54) is 0 Å². The fourth-order valence-electron chi connectivity index (χ4n) is 5.83. The third-order valence-corrected chi connectivity index (χ3v) is 7.18. The Balaban J connectivity index is 1.64. The van der Waals surface area contributed by atoms with E-state index in [4.69, 9.17) is 9.47 Å². The fraction of sp³-hybridized carbons (Fsp3) is 0.625. The molecule has 0 radical (unpaired) electrons. The van der Waals surface area contributed by atoms with Crippen LogP contribution < -0.4 is 5.32 Å². The van der Waals surface area contributed by atoms with Gasteiger partial charge in [-0.2, -0.15) is 0 Å². The number of carbonyl (C=O) groups excluding carboxylic acids is 3. The van der Waals surface area contributed by atoms with Crippen LogP contribution in [0.1, 0.15) is 45.1 Å². The van der Waals surface area contributed by atoms with Gasteiger partial charge in [0, 0.05) is 19.7 Å². The highest BCUT2D eigenvalue weighted by molar-refractivity contribution is 5.98. The fourth-order valence-corrected chi connectivity index (χ4v) is 5.83. The number of unbranched alkanes of at least 4 members (excludes halogenated alkanes) is 1. The van der Waals surface area contributed by atoms with Gasteiger partial charge in [0.1, 0.15) is 17.6 Å². The quantitative estimate of drug-likeness (QED) is 0.441.